The second-order valence-electron chi connectivity index (χ2n) is 17.7. The van der Waals surface area contributed by atoms with Crippen LogP contribution in [0.4, 0.5) is 0 Å². The van der Waals surface area contributed by atoms with Crippen molar-refractivity contribution < 1.29 is 28.6 Å². The number of hydrogen-bond acceptors (Lipinski definition) is 6. The lowest BCUT2D eigenvalue weighted by molar-refractivity contribution is -0.167. The maximum Gasteiger partial charge on any atom is 0.306 e. The van der Waals surface area contributed by atoms with Gasteiger partial charge in [-0.15, -0.1) is 0 Å². The quantitative estimate of drug-likeness (QED) is 0.0262. The van der Waals surface area contributed by atoms with Crippen molar-refractivity contribution in [3.05, 3.63) is 134 Å². The molecule has 0 amide bonds. The van der Waals surface area contributed by atoms with Crippen molar-refractivity contribution in [1.82, 2.24) is 0 Å². The van der Waals surface area contributed by atoms with E-state index in [1.54, 1.807) is 0 Å². The zero-order valence-electron chi connectivity index (χ0n) is 44.3. The van der Waals surface area contributed by atoms with Crippen LogP contribution < -0.4 is 0 Å². The van der Waals surface area contributed by atoms with Crippen LogP contribution in [-0.4, -0.2) is 37.2 Å². The first-order chi connectivity index (χ1) is 34.0. The third-order valence-electron chi connectivity index (χ3n) is 11.1. The molecule has 0 N–H and O–H groups in total. The molecule has 0 aliphatic heterocycles. The zero-order chi connectivity index (χ0) is 50.0. The molecule has 0 radical (unpaired) electrons. The second-order valence-corrected chi connectivity index (χ2v) is 17.7. The van der Waals surface area contributed by atoms with Gasteiger partial charge in [-0.3, -0.25) is 14.4 Å². The van der Waals surface area contributed by atoms with Crippen molar-refractivity contribution >= 4 is 17.9 Å². The van der Waals surface area contributed by atoms with Gasteiger partial charge in [0.05, 0.1) is 0 Å². The largest absolute Gasteiger partial charge is 0.462 e. The Labute approximate surface area is 424 Å². The topological polar surface area (TPSA) is 78.9 Å². The summed E-state index contributed by atoms with van der Waals surface area (Å²) < 4.78 is 16.7. The van der Waals surface area contributed by atoms with Crippen LogP contribution in [0.1, 0.15) is 226 Å². The van der Waals surface area contributed by atoms with Gasteiger partial charge in [0, 0.05) is 19.3 Å². The molecular weight excluding hydrogens is 853 g/mol. The van der Waals surface area contributed by atoms with Gasteiger partial charge in [-0.25, -0.2) is 0 Å². The maximum absolute atomic E-state index is 12.8. The molecule has 0 heterocycles. The van der Waals surface area contributed by atoms with Gasteiger partial charge in [-0.05, 0) is 128 Å². The van der Waals surface area contributed by atoms with Crippen LogP contribution in [0.2, 0.25) is 0 Å². The first-order valence-corrected chi connectivity index (χ1v) is 27.7. The van der Waals surface area contributed by atoms with Gasteiger partial charge in [-0.1, -0.05) is 212 Å². The lowest BCUT2D eigenvalue weighted by Crippen LogP contribution is -2.30. The van der Waals surface area contributed by atoms with E-state index in [2.05, 4.69) is 154 Å². The number of rotatable bonds is 48. The molecule has 0 aromatic carbocycles. The van der Waals surface area contributed by atoms with Crippen LogP contribution >= 0.6 is 0 Å². The summed E-state index contributed by atoms with van der Waals surface area (Å²) in [7, 11) is 0. The van der Waals surface area contributed by atoms with Crippen molar-refractivity contribution in [3.8, 4) is 0 Å². The highest BCUT2D eigenvalue weighted by Crippen LogP contribution is 2.11. The van der Waals surface area contributed by atoms with E-state index in [9.17, 15) is 14.4 Å². The fourth-order valence-electron chi connectivity index (χ4n) is 6.97. The fraction of sp³-hybridized carbons (Fsp3) is 0.603. The Morgan fingerprint density at radius 2 is 0.580 bits per heavy atom. The number of unbranched alkanes of at least 4 members (excludes halogenated alkanes) is 15. The third-order valence-corrected chi connectivity index (χ3v) is 11.1. The molecule has 0 unspecified atom stereocenters. The molecule has 6 heteroatoms. The van der Waals surface area contributed by atoms with Crippen molar-refractivity contribution in [1.29, 1.82) is 0 Å². The van der Waals surface area contributed by atoms with Crippen LogP contribution in [0.15, 0.2) is 134 Å². The predicted octanol–water partition coefficient (Wildman–Crippen LogP) is 18.6. The van der Waals surface area contributed by atoms with Gasteiger partial charge < -0.3 is 14.2 Å². The van der Waals surface area contributed by atoms with E-state index in [0.717, 1.165) is 103 Å². The summed E-state index contributed by atoms with van der Waals surface area (Å²) in [6, 6.07) is 0. The van der Waals surface area contributed by atoms with E-state index >= 15 is 0 Å². The highest BCUT2D eigenvalue weighted by Gasteiger charge is 2.19. The first-order valence-electron chi connectivity index (χ1n) is 27.7. The van der Waals surface area contributed by atoms with Crippen molar-refractivity contribution in [3.63, 3.8) is 0 Å². The summed E-state index contributed by atoms with van der Waals surface area (Å²) in [6.45, 7) is 6.36. The molecule has 0 spiro atoms. The highest BCUT2D eigenvalue weighted by atomic mass is 16.6. The fourth-order valence-corrected chi connectivity index (χ4v) is 6.97. The average Bonchev–Trinajstić information content (AvgIpc) is 3.35. The Morgan fingerprint density at radius 3 is 0.971 bits per heavy atom. The Morgan fingerprint density at radius 1 is 0.304 bits per heavy atom. The van der Waals surface area contributed by atoms with Crippen LogP contribution in [-0.2, 0) is 28.6 Å². The summed E-state index contributed by atoms with van der Waals surface area (Å²) in [6.07, 6.45) is 78.7. The van der Waals surface area contributed by atoms with Gasteiger partial charge in [0.2, 0.25) is 0 Å². The minimum absolute atomic E-state index is 0.132. The Hall–Kier alpha value is -4.45. The number of allylic oxidation sites excluding steroid dienone is 22. The van der Waals surface area contributed by atoms with E-state index in [4.69, 9.17) is 14.2 Å². The molecule has 0 bridgehead atoms. The maximum atomic E-state index is 12.8. The van der Waals surface area contributed by atoms with Crippen LogP contribution in [0.5, 0.6) is 0 Å². The van der Waals surface area contributed by atoms with E-state index in [-0.39, 0.29) is 44.0 Å². The molecule has 0 aliphatic rings. The third kappa shape index (κ3) is 54.4. The van der Waals surface area contributed by atoms with E-state index < -0.39 is 6.10 Å². The predicted molar refractivity (Wildman–Crippen MR) is 297 cm³/mol. The Kier molecular flexibility index (Phi) is 52.5. The number of carbonyl (C=O) groups excluding carboxylic acids is 3. The average molecular weight is 953 g/mol. The van der Waals surface area contributed by atoms with E-state index in [1.807, 2.05) is 0 Å². The number of ether oxygens (including phenoxy) is 3. The second kappa shape index (κ2) is 56.1. The molecule has 69 heavy (non-hydrogen) atoms. The molecular formula is C63H100O6. The van der Waals surface area contributed by atoms with Gasteiger partial charge in [0.15, 0.2) is 6.10 Å². The van der Waals surface area contributed by atoms with Crippen molar-refractivity contribution in [2.75, 3.05) is 13.2 Å². The van der Waals surface area contributed by atoms with Crippen LogP contribution in [0, 0.1) is 0 Å². The number of esters is 3. The molecule has 0 rings (SSSR count). The van der Waals surface area contributed by atoms with Gasteiger partial charge in [-0.2, -0.15) is 0 Å². The van der Waals surface area contributed by atoms with Gasteiger partial charge in [0.1, 0.15) is 13.2 Å². The summed E-state index contributed by atoms with van der Waals surface area (Å²) in [5, 5.41) is 0. The standard InChI is InChI=1S/C63H100O6/c1-4-7-10-13-16-19-22-25-28-31-34-37-40-43-46-49-52-55-61(64)67-58-60(69-63(66)57-54-51-48-45-42-39-36-33-30-27-24-21-18-15-12-9-6-3)59-68-62(65)56-53-50-47-44-41-38-35-32-29-26-23-20-17-14-11-8-5-2/h7,10,16-17,19-20,25-30,34-39,43,45-46,48,60H,4-6,8-9,11-15,18,21-24,31-33,40-42,44,47,49-59H2,1-3H3/b10-7-,19-16-,20-17-,28-25-,29-26-,30-27-,37-34-,38-35-,39-36-,46-43-,48-45-/t60-/m1/s1. The molecule has 388 valence electrons. The molecule has 6 nitrogen and oxygen atoms in total. The SMILES string of the molecule is CC/C=C\C/C=C\C/C=C\C/C=C\C/C=C\CCCC(=O)OC[C@H](COC(=O)CCCCCC/C=C\C/C=C\C/C=C\CCCCC)OC(=O)CCC/C=C\C/C=C\C/C=C\CCCCCCCC. The Bertz CT molecular complexity index is 1510. The number of carbonyl (C=O) groups is 3. The smallest absolute Gasteiger partial charge is 0.306 e. The molecule has 0 aliphatic carbocycles. The van der Waals surface area contributed by atoms with Gasteiger partial charge >= 0.3 is 17.9 Å². The lowest BCUT2D eigenvalue weighted by atomic mass is 10.1. The van der Waals surface area contributed by atoms with Gasteiger partial charge in [0.25, 0.3) is 0 Å². The van der Waals surface area contributed by atoms with E-state index in [0.29, 0.717) is 19.3 Å². The summed E-state index contributed by atoms with van der Waals surface area (Å²) in [4.78, 5) is 38.1. The van der Waals surface area contributed by atoms with Crippen molar-refractivity contribution in [2.45, 2.75) is 232 Å². The highest BCUT2D eigenvalue weighted by molar-refractivity contribution is 5.71. The molecule has 0 fully saturated rings. The molecule has 0 saturated carbocycles. The van der Waals surface area contributed by atoms with Crippen LogP contribution in [0.3, 0.4) is 0 Å². The van der Waals surface area contributed by atoms with E-state index in [1.165, 1.54) is 70.6 Å². The molecule has 0 aromatic rings. The monoisotopic (exact) mass is 953 g/mol. The van der Waals surface area contributed by atoms with Crippen molar-refractivity contribution in [2.24, 2.45) is 0 Å². The number of hydrogen-bond donors (Lipinski definition) is 0. The first kappa shape index (κ1) is 64.5. The molecule has 1 atom stereocenters. The lowest BCUT2D eigenvalue weighted by Gasteiger charge is -2.18. The summed E-state index contributed by atoms with van der Waals surface area (Å²) in [5.41, 5.74) is 0. The summed E-state index contributed by atoms with van der Waals surface area (Å²) >= 11 is 0. The summed E-state index contributed by atoms with van der Waals surface area (Å²) in [5.74, 6) is -1.07. The van der Waals surface area contributed by atoms with Crippen LogP contribution in [0.25, 0.3) is 0 Å². The minimum atomic E-state index is -0.842. The minimum Gasteiger partial charge on any atom is -0.462 e. The zero-order valence-corrected chi connectivity index (χ0v) is 44.3. The normalized spacial score (nSPS) is 13.1. The molecule has 0 aromatic heterocycles. The Balaban J connectivity index is 4.62. The molecule has 0 saturated heterocycles.